The predicted octanol–water partition coefficient (Wildman–Crippen LogP) is 3.91. The van der Waals surface area contributed by atoms with E-state index in [9.17, 15) is 14.7 Å². The summed E-state index contributed by atoms with van der Waals surface area (Å²) < 4.78 is 5.02. The van der Waals surface area contributed by atoms with E-state index >= 15 is 0 Å². The zero-order valence-corrected chi connectivity index (χ0v) is 21.2. The molecule has 0 aliphatic heterocycles. The van der Waals surface area contributed by atoms with Gasteiger partial charge in [-0.25, -0.2) is 4.98 Å². The van der Waals surface area contributed by atoms with Crippen molar-refractivity contribution in [2.24, 2.45) is 23.2 Å². The van der Waals surface area contributed by atoms with Gasteiger partial charge in [0.2, 0.25) is 5.91 Å². The number of thiazole rings is 1. The Balaban J connectivity index is 1.51. The molecule has 2 heterocycles. The molecule has 6 atom stereocenters. The molecule has 3 N–H and O–H groups in total. The van der Waals surface area contributed by atoms with Crippen LogP contribution in [-0.4, -0.2) is 48.3 Å². The van der Waals surface area contributed by atoms with Crippen molar-refractivity contribution in [3.05, 3.63) is 33.0 Å². The molecule has 2 aliphatic carbocycles. The minimum atomic E-state index is -0.582. The second-order valence-electron chi connectivity index (χ2n) is 9.67. The highest BCUT2D eigenvalue weighted by Gasteiger charge is 2.53. The normalized spacial score (nSPS) is 29.6. The van der Waals surface area contributed by atoms with Gasteiger partial charge in [-0.1, -0.05) is 26.8 Å². The molecule has 2 aromatic heterocycles. The summed E-state index contributed by atoms with van der Waals surface area (Å²) in [7, 11) is 1.61. The van der Waals surface area contributed by atoms with Gasteiger partial charge in [0.15, 0.2) is 5.13 Å². The Bertz CT molecular complexity index is 992. The van der Waals surface area contributed by atoms with Crippen molar-refractivity contribution in [3.63, 3.8) is 0 Å². The SMILES string of the molecule is COCCNC(=O)[C@@H](C)[C@@H]1CC[C@@]2(C)Cc3sc(NC(=O)c4cccs4)nc3[C@@H](C)[C@@H]2[C@H]1O. The zero-order chi connectivity index (χ0) is 23.8. The van der Waals surface area contributed by atoms with E-state index < -0.39 is 6.10 Å². The number of ether oxygens (including phenoxy) is 1. The molecule has 1 saturated carbocycles. The van der Waals surface area contributed by atoms with E-state index in [0.717, 1.165) is 25.0 Å². The number of thiophene rings is 1. The van der Waals surface area contributed by atoms with Gasteiger partial charge in [-0.2, -0.15) is 0 Å². The molecule has 0 bridgehead atoms. The number of rotatable bonds is 7. The number of aliphatic hydroxyl groups is 1. The quantitative estimate of drug-likeness (QED) is 0.510. The number of nitrogens with one attached hydrogen (secondary N) is 2. The van der Waals surface area contributed by atoms with Crippen molar-refractivity contribution in [1.29, 1.82) is 0 Å². The number of hydrogen-bond donors (Lipinski definition) is 3. The van der Waals surface area contributed by atoms with E-state index in [4.69, 9.17) is 9.72 Å². The molecular formula is C24H33N3O4S2. The largest absolute Gasteiger partial charge is 0.392 e. The summed E-state index contributed by atoms with van der Waals surface area (Å²) in [6, 6.07) is 3.66. The van der Waals surface area contributed by atoms with E-state index in [0.29, 0.717) is 23.2 Å². The van der Waals surface area contributed by atoms with Crippen molar-refractivity contribution < 1.29 is 19.4 Å². The Morgan fingerprint density at radius 1 is 1.42 bits per heavy atom. The van der Waals surface area contributed by atoms with Gasteiger partial charge in [0.25, 0.3) is 5.91 Å². The highest BCUT2D eigenvalue weighted by molar-refractivity contribution is 7.16. The van der Waals surface area contributed by atoms with Gasteiger partial charge in [0, 0.05) is 30.4 Å². The molecule has 0 saturated heterocycles. The van der Waals surface area contributed by atoms with Crippen molar-refractivity contribution in [1.82, 2.24) is 10.3 Å². The smallest absolute Gasteiger partial charge is 0.267 e. The van der Waals surface area contributed by atoms with Gasteiger partial charge in [-0.3, -0.25) is 14.9 Å². The third-order valence-corrected chi connectivity index (χ3v) is 9.40. The van der Waals surface area contributed by atoms with Crippen LogP contribution < -0.4 is 10.6 Å². The average molecular weight is 492 g/mol. The van der Waals surface area contributed by atoms with E-state index in [2.05, 4.69) is 24.5 Å². The first-order chi connectivity index (χ1) is 15.7. The maximum Gasteiger partial charge on any atom is 0.267 e. The monoisotopic (exact) mass is 491 g/mol. The Kier molecular flexibility index (Phi) is 7.23. The van der Waals surface area contributed by atoms with Gasteiger partial charge in [-0.15, -0.1) is 22.7 Å². The number of amides is 2. The van der Waals surface area contributed by atoms with Crippen LogP contribution in [-0.2, 0) is 16.0 Å². The maximum atomic E-state index is 12.7. The second kappa shape index (κ2) is 9.82. The number of hydrogen-bond acceptors (Lipinski definition) is 7. The van der Waals surface area contributed by atoms with E-state index in [-0.39, 0.29) is 40.9 Å². The molecule has 0 spiro atoms. The first-order valence-electron chi connectivity index (χ1n) is 11.5. The summed E-state index contributed by atoms with van der Waals surface area (Å²) in [4.78, 5) is 31.8. The number of fused-ring (bicyclic) bond motifs is 2. The van der Waals surface area contributed by atoms with E-state index in [1.165, 1.54) is 16.2 Å². The maximum absolute atomic E-state index is 12.7. The zero-order valence-electron chi connectivity index (χ0n) is 19.6. The van der Waals surface area contributed by atoms with Crippen LogP contribution >= 0.6 is 22.7 Å². The van der Waals surface area contributed by atoms with Crippen LogP contribution in [0.2, 0.25) is 0 Å². The van der Waals surface area contributed by atoms with Crippen LogP contribution in [0, 0.1) is 23.2 Å². The summed E-state index contributed by atoms with van der Waals surface area (Å²) in [5.74, 6) is -0.473. The van der Waals surface area contributed by atoms with E-state index in [1.54, 1.807) is 24.5 Å². The number of methoxy groups -OCH3 is 1. The molecule has 9 heteroatoms. The minimum Gasteiger partial charge on any atom is -0.392 e. The lowest BCUT2D eigenvalue weighted by Gasteiger charge is -2.53. The van der Waals surface area contributed by atoms with Crippen LogP contribution in [0.4, 0.5) is 5.13 Å². The molecule has 0 radical (unpaired) electrons. The third kappa shape index (κ3) is 4.73. The average Bonchev–Trinajstić information content (AvgIpc) is 3.43. The fraction of sp³-hybridized carbons (Fsp3) is 0.625. The highest BCUT2D eigenvalue weighted by atomic mass is 32.1. The summed E-state index contributed by atoms with van der Waals surface area (Å²) in [6.45, 7) is 7.24. The van der Waals surface area contributed by atoms with Crippen molar-refractivity contribution in [2.45, 2.75) is 52.1 Å². The lowest BCUT2D eigenvalue weighted by Crippen LogP contribution is -2.53. The van der Waals surface area contributed by atoms with Gasteiger partial charge >= 0.3 is 0 Å². The standard InChI is InChI=1S/C24H33N3O4S2/c1-13(21(29)25-9-10-31-4)15-7-8-24(3)12-17-19(14(2)18(24)20(15)28)26-23(33-17)27-22(30)16-6-5-11-32-16/h5-6,11,13-15,18,20,28H,7-10,12H2,1-4H3,(H,25,29)(H,26,27,30)/t13-,14-,15-,18+,20-,24-/m0/s1. The van der Waals surface area contributed by atoms with Gasteiger partial charge < -0.3 is 15.2 Å². The first-order valence-corrected chi connectivity index (χ1v) is 13.2. The topological polar surface area (TPSA) is 101 Å². The first kappa shape index (κ1) is 24.3. The molecule has 2 aliphatic rings. The van der Waals surface area contributed by atoms with Crippen LogP contribution in [0.1, 0.15) is 59.8 Å². The number of carbonyl (C=O) groups is 2. The van der Waals surface area contributed by atoms with E-state index in [1.807, 2.05) is 18.4 Å². The van der Waals surface area contributed by atoms with Gasteiger partial charge in [0.05, 0.1) is 23.3 Å². The Morgan fingerprint density at radius 3 is 2.91 bits per heavy atom. The Hall–Kier alpha value is -1.81. The summed E-state index contributed by atoms with van der Waals surface area (Å²) >= 11 is 2.95. The molecule has 0 unspecified atom stereocenters. The van der Waals surface area contributed by atoms with Gasteiger partial charge in [0.1, 0.15) is 0 Å². The summed E-state index contributed by atoms with van der Waals surface area (Å²) in [5, 5.41) is 19.9. The molecule has 0 aromatic carbocycles. The molecule has 1 fully saturated rings. The second-order valence-corrected chi connectivity index (χ2v) is 11.7. The molecule has 7 nitrogen and oxygen atoms in total. The molecular weight excluding hydrogens is 458 g/mol. The van der Waals surface area contributed by atoms with Crippen molar-refractivity contribution >= 4 is 39.6 Å². The predicted molar refractivity (Wildman–Crippen MR) is 131 cm³/mol. The molecule has 2 aromatic rings. The number of carbonyl (C=O) groups excluding carboxylic acids is 2. The fourth-order valence-corrected chi connectivity index (χ4v) is 7.68. The molecule has 180 valence electrons. The third-order valence-electron chi connectivity index (χ3n) is 7.55. The molecule has 4 rings (SSSR count). The summed E-state index contributed by atoms with van der Waals surface area (Å²) in [6.07, 6.45) is 2.02. The lowest BCUT2D eigenvalue weighted by molar-refractivity contribution is -0.135. The highest BCUT2D eigenvalue weighted by Crippen LogP contribution is 2.57. The summed E-state index contributed by atoms with van der Waals surface area (Å²) in [5.41, 5.74) is 0.914. The van der Waals surface area contributed by atoms with Gasteiger partial charge in [-0.05, 0) is 48.0 Å². The Labute approximate surface area is 203 Å². The number of anilines is 1. The number of aromatic nitrogens is 1. The minimum absolute atomic E-state index is 0.0147. The van der Waals surface area contributed by atoms with Crippen LogP contribution in [0.3, 0.4) is 0 Å². The van der Waals surface area contributed by atoms with Crippen LogP contribution in [0.15, 0.2) is 17.5 Å². The number of aliphatic hydroxyl groups excluding tert-OH is 1. The van der Waals surface area contributed by atoms with Crippen LogP contribution in [0.25, 0.3) is 0 Å². The fourth-order valence-electron chi connectivity index (χ4n) is 5.80. The lowest BCUT2D eigenvalue weighted by atomic mass is 9.53. The molecule has 33 heavy (non-hydrogen) atoms. The van der Waals surface area contributed by atoms with Crippen LogP contribution in [0.5, 0.6) is 0 Å². The molecule has 2 amide bonds. The van der Waals surface area contributed by atoms with Crippen molar-refractivity contribution in [3.8, 4) is 0 Å². The number of nitrogens with zero attached hydrogens (tertiary/aromatic N) is 1. The Morgan fingerprint density at radius 2 is 2.21 bits per heavy atom. The van der Waals surface area contributed by atoms with Crippen molar-refractivity contribution in [2.75, 3.05) is 25.6 Å².